The molecule has 2 fully saturated rings. The van der Waals surface area contributed by atoms with Crippen LogP contribution >= 0.6 is 11.9 Å². The van der Waals surface area contributed by atoms with E-state index in [1.807, 2.05) is 11.9 Å². The molecule has 35 heavy (non-hydrogen) atoms. The molecular weight excluding hydrogens is 448 g/mol. The van der Waals surface area contributed by atoms with Crippen molar-refractivity contribution >= 4 is 22.7 Å². The highest BCUT2D eigenvalue weighted by atomic mass is 32.2. The molecule has 1 saturated carbocycles. The van der Waals surface area contributed by atoms with Crippen molar-refractivity contribution < 1.29 is 5.11 Å². The summed E-state index contributed by atoms with van der Waals surface area (Å²) in [4.78, 5) is 3.95. The lowest BCUT2D eigenvalue weighted by Gasteiger charge is -2.39. The molecule has 1 heterocycles. The molecular formula is C31H40N2OS. The summed E-state index contributed by atoms with van der Waals surface area (Å²) in [6.45, 7) is 3.29. The van der Waals surface area contributed by atoms with Crippen molar-refractivity contribution in [2.45, 2.75) is 67.9 Å². The minimum absolute atomic E-state index is 0.458. The van der Waals surface area contributed by atoms with Gasteiger partial charge in [-0.05, 0) is 105 Å². The summed E-state index contributed by atoms with van der Waals surface area (Å²) < 4.78 is 2.49. The van der Waals surface area contributed by atoms with E-state index < -0.39 is 5.60 Å². The lowest BCUT2D eigenvalue weighted by atomic mass is 9.85. The summed E-state index contributed by atoms with van der Waals surface area (Å²) >= 11 is 1.90. The quantitative estimate of drug-likeness (QED) is 0.335. The highest BCUT2D eigenvalue weighted by Gasteiger charge is 2.34. The summed E-state index contributed by atoms with van der Waals surface area (Å²) in [5.74, 6) is 0.781. The van der Waals surface area contributed by atoms with Gasteiger partial charge in [0.05, 0.1) is 5.60 Å². The topological polar surface area (TPSA) is 26.7 Å². The summed E-state index contributed by atoms with van der Waals surface area (Å²) in [5.41, 5.74) is 0.924. The monoisotopic (exact) mass is 488 g/mol. The van der Waals surface area contributed by atoms with Gasteiger partial charge in [0.25, 0.3) is 0 Å². The van der Waals surface area contributed by atoms with Gasteiger partial charge in [-0.3, -0.25) is 0 Å². The van der Waals surface area contributed by atoms with Crippen LogP contribution in [0.15, 0.2) is 77.7 Å². The first-order valence-corrected chi connectivity index (χ1v) is 14.2. The second-order valence-electron chi connectivity index (χ2n) is 10.8. The maximum absolute atomic E-state index is 11.1. The molecule has 1 aliphatic carbocycles. The molecule has 0 aromatic heterocycles. The van der Waals surface area contributed by atoms with Crippen LogP contribution in [0.4, 0.5) is 0 Å². The van der Waals surface area contributed by atoms with E-state index in [1.165, 1.54) is 47.0 Å². The Bertz CT molecular complexity index is 1080. The Kier molecular flexibility index (Phi) is 8.14. The maximum Gasteiger partial charge on any atom is 0.0672 e. The van der Waals surface area contributed by atoms with Gasteiger partial charge in [-0.1, -0.05) is 60.7 Å². The van der Waals surface area contributed by atoms with Gasteiger partial charge in [-0.15, -0.1) is 0 Å². The molecule has 3 aromatic carbocycles. The van der Waals surface area contributed by atoms with Gasteiger partial charge in [0.15, 0.2) is 0 Å². The predicted octanol–water partition coefficient (Wildman–Crippen LogP) is 6.80. The number of piperidine rings is 1. The standard InChI is InChI=1S/C31H40N2OS/c1-32(35-30-16-14-27-11-5-6-12-28(27)23-30)29-15-13-26(22-29)24-33-20-18-31(34,19-21-33)17-7-10-25-8-3-2-4-9-25/h2-6,8-9,11-12,14,16,23,26,29,34H,7,10,13,15,17-22,24H2,1H3. The Labute approximate surface area is 215 Å². The summed E-state index contributed by atoms with van der Waals surface area (Å²) in [6, 6.07) is 26.7. The molecule has 0 bridgehead atoms. The highest BCUT2D eigenvalue weighted by Crippen LogP contribution is 2.36. The average Bonchev–Trinajstić information content (AvgIpc) is 3.35. The normalized spacial score (nSPS) is 22.7. The molecule has 2 aliphatic rings. The van der Waals surface area contributed by atoms with Crippen LogP contribution in [-0.2, 0) is 6.42 Å². The van der Waals surface area contributed by atoms with E-state index in [9.17, 15) is 5.11 Å². The molecule has 1 aliphatic heterocycles. The number of nitrogens with zero attached hydrogens (tertiary/aromatic N) is 2. The van der Waals surface area contributed by atoms with E-state index in [4.69, 9.17) is 0 Å². The van der Waals surface area contributed by atoms with Crippen molar-refractivity contribution in [1.29, 1.82) is 0 Å². The van der Waals surface area contributed by atoms with Crippen molar-refractivity contribution in [3.8, 4) is 0 Å². The van der Waals surface area contributed by atoms with Crippen LogP contribution in [0.5, 0.6) is 0 Å². The molecule has 0 amide bonds. The first-order chi connectivity index (χ1) is 17.1. The summed E-state index contributed by atoms with van der Waals surface area (Å²) in [7, 11) is 2.27. The Balaban J connectivity index is 1.04. The van der Waals surface area contributed by atoms with Gasteiger partial charge in [0, 0.05) is 30.6 Å². The molecule has 1 N–H and O–H groups in total. The second kappa shape index (κ2) is 11.5. The van der Waals surface area contributed by atoms with Crippen LogP contribution in [0.3, 0.4) is 0 Å². The SMILES string of the molecule is CN(Sc1ccc2ccccc2c1)C1CCC(CN2CCC(O)(CCCc3ccccc3)CC2)C1. The van der Waals surface area contributed by atoms with Crippen LogP contribution in [0.1, 0.15) is 50.5 Å². The van der Waals surface area contributed by atoms with Crippen molar-refractivity contribution in [3.05, 3.63) is 78.4 Å². The summed E-state index contributed by atoms with van der Waals surface area (Å²) in [5, 5.41) is 13.7. The fourth-order valence-electron chi connectivity index (χ4n) is 6.04. The number of hydrogen-bond acceptors (Lipinski definition) is 4. The Morgan fingerprint density at radius 3 is 2.49 bits per heavy atom. The van der Waals surface area contributed by atoms with Crippen LogP contribution in [0.2, 0.25) is 0 Å². The zero-order valence-electron chi connectivity index (χ0n) is 21.1. The number of benzene rings is 3. The minimum Gasteiger partial charge on any atom is -0.390 e. The number of aryl methyl sites for hydroxylation is 1. The van der Waals surface area contributed by atoms with E-state index in [1.54, 1.807) is 0 Å². The van der Waals surface area contributed by atoms with Gasteiger partial charge in [-0.25, -0.2) is 4.31 Å². The van der Waals surface area contributed by atoms with E-state index in [0.29, 0.717) is 6.04 Å². The van der Waals surface area contributed by atoms with E-state index in [-0.39, 0.29) is 0 Å². The largest absolute Gasteiger partial charge is 0.390 e. The smallest absolute Gasteiger partial charge is 0.0672 e. The molecule has 0 radical (unpaired) electrons. The number of fused-ring (bicyclic) bond motifs is 1. The van der Waals surface area contributed by atoms with E-state index in [0.717, 1.165) is 51.1 Å². The molecule has 2 atom stereocenters. The van der Waals surface area contributed by atoms with Gasteiger partial charge in [0.2, 0.25) is 0 Å². The third kappa shape index (κ3) is 6.68. The van der Waals surface area contributed by atoms with Crippen LogP contribution in [0.25, 0.3) is 10.8 Å². The molecule has 0 spiro atoms. The van der Waals surface area contributed by atoms with Crippen molar-refractivity contribution in [1.82, 2.24) is 9.21 Å². The lowest BCUT2D eigenvalue weighted by Crippen LogP contribution is -2.45. The highest BCUT2D eigenvalue weighted by molar-refractivity contribution is 7.97. The number of aliphatic hydroxyl groups is 1. The fraction of sp³-hybridized carbons (Fsp3) is 0.484. The molecule has 5 rings (SSSR count). The first kappa shape index (κ1) is 24.8. The average molecular weight is 489 g/mol. The maximum atomic E-state index is 11.1. The zero-order valence-corrected chi connectivity index (χ0v) is 21.9. The van der Waals surface area contributed by atoms with Gasteiger partial charge in [-0.2, -0.15) is 0 Å². The van der Waals surface area contributed by atoms with E-state index in [2.05, 4.69) is 89.0 Å². The van der Waals surface area contributed by atoms with Crippen LogP contribution < -0.4 is 0 Å². The fourth-order valence-corrected chi connectivity index (χ4v) is 7.02. The Morgan fingerprint density at radius 1 is 0.943 bits per heavy atom. The molecule has 2 unspecified atom stereocenters. The third-order valence-electron chi connectivity index (χ3n) is 8.25. The van der Waals surface area contributed by atoms with Crippen molar-refractivity contribution in [3.63, 3.8) is 0 Å². The molecule has 186 valence electrons. The van der Waals surface area contributed by atoms with E-state index >= 15 is 0 Å². The molecule has 4 heteroatoms. The minimum atomic E-state index is -0.458. The second-order valence-corrected chi connectivity index (χ2v) is 12.1. The first-order valence-electron chi connectivity index (χ1n) is 13.4. The Morgan fingerprint density at radius 2 is 1.69 bits per heavy atom. The van der Waals surface area contributed by atoms with Gasteiger partial charge < -0.3 is 10.0 Å². The Hall–Kier alpha value is -1.85. The molecule has 3 nitrogen and oxygen atoms in total. The lowest BCUT2D eigenvalue weighted by molar-refractivity contribution is -0.0314. The van der Waals surface area contributed by atoms with Crippen LogP contribution in [0, 0.1) is 5.92 Å². The van der Waals surface area contributed by atoms with Gasteiger partial charge in [0.1, 0.15) is 0 Å². The molecule has 3 aromatic rings. The number of hydrogen-bond donors (Lipinski definition) is 1. The summed E-state index contributed by atoms with van der Waals surface area (Å²) in [6.07, 6.45) is 8.83. The van der Waals surface area contributed by atoms with Crippen molar-refractivity contribution in [2.24, 2.45) is 5.92 Å². The van der Waals surface area contributed by atoms with Crippen molar-refractivity contribution in [2.75, 3.05) is 26.7 Å². The predicted molar refractivity (Wildman–Crippen MR) is 149 cm³/mol. The third-order valence-corrected chi connectivity index (χ3v) is 9.30. The van der Waals surface area contributed by atoms with Gasteiger partial charge >= 0.3 is 0 Å². The number of likely N-dealkylation sites (tertiary alicyclic amines) is 1. The molecule has 1 saturated heterocycles. The van der Waals surface area contributed by atoms with Crippen LogP contribution in [-0.4, -0.2) is 52.6 Å². The number of rotatable bonds is 9. The zero-order chi connectivity index (χ0) is 24.1.